The highest BCUT2D eigenvalue weighted by Gasteiger charge is 2.31. The van der Waals surface area contributed by atoms with Crippen LogP contribution in [0.5, 0.6) is 0 Å². The van der Waals surface area contributed by atoms with E-state index in [0.717, 1.165) is 11.0 Å². The van der Waals surface area contributed by atoms with Crippen LogP contribution in [0.1, 0.15) is 39.4 Å². The van der Waals surface area contributed by atoms with Crippen LogP contribution in [0.4, 0.5) is 0 Å². The Kier molecular flexibility index (Phi) is 2.62. The number of Topliss-reactive ketones (excluding diaryl/α,β-unsaturated/α-hetero) is 1. The summed E-state index contributed by atoms with van der Waals surface area (Å²) in [6.45, 7) is 0. The molecule has 7 nitrogen and oxygen atoms in total. The van der Waals surface area contributed by atoms with E-state index in [4.69, 9.17) is 0 Å². The van der Waals surface area contributed by atoms with Gasteiger partial charge >= 0.3 is 5.97 Å². The molecule has 2 N–H and O–H groups in total. The zero-order chi connectivity index (χ0) is 15.3. The topological polar surface area (TPSA) is 101 Å². The first-order chi connectivity index (χ1) is 10.6. The van der Waals surface area contributed by atoms with E-state index >= 15 is 0 Å². The Bertz CT molecular complexity index is 889. The fourth-order valence-electron chi connectivity index (χ4n) is 2.88. The summed E-state index contributed by atoms with van der Waals surface area (Å²) in [7, 11) is 0. The minimum atomic E-state index is -1.19. The van der Waals surface area contributed by atoms with E-state index in [-0.39, 0.29) is 17.0 Å². The number of H-pyrrole nitrogens is 1. The van der Waals surface area contributed by atoms with Crippen LogP contribution >= 0.6 is 0 Å². The van der Waals surface area contributed by atoms with Gasteiger partial charge < -0.3 is 10.1 Å². The Morgan fingerprint density at radius 2 is 2.09 bits per heavy atom. The molecule has 0 saturated carbocycles. The zero-order valence-electron chi connectivity index (χ0n) is 11.5. The van der Waals surface area contributed by atoms with E-state index in [1.165, 1.54) is 4.68 Å². The largest absolute Gasteiger partial charge is 0.476 e. The van der Waals surface area contributed by atoms with E-state index in [1.54, 1.807) is 0 Å². The molecule has 2 heterocycles. The fourth-order valence-corrected chi connectivity index (χ4v) is 2.88. The summed E-state index contributed by atoms with van der Waals surface area (Å²) in [5, 5.41) is 13.4. The number of fused-ring (bicyclic) bond motifs is 2. The van der Waals surface area contributed by atoms with Crippen LogP contribution in [0.2, 0.25) is 0 Å². The number of nitrogens with zero attached hydrogens (tertiary/aromatic N) is 3. The molecule has 110 valence electrons. The molecule has 0 aliphatic heterocycles. The van der Waals surface area contributed by atoms with Crippen LogP contribution in [-0.2, 0) is 6.42 Å². The number of rotatable bonds is 2. The van der Waals surface area contributed by atoms with Gasteiger partial charge in [0.2, 0.25) is 5.95 Å². The third kappa shape index (κ3) is 1.75. The zero-order valence-corrected chi connectivity index (χ0v) is 11.5. The third-order valence-corrected chi connectivity index (χ3v) is 3.86. The number of carboxylic acid groups (broad SMARTS) is 1. The molecule has 1 aliphatic carbocycles. The predicted octanol–water partition coefficient (Wildman–Crippen LogP) is 1.97. The number of ketones is 1. The minimum absolute atomic E-state index is 0.166. The molecular formula is C15H12N4O3. The SMILES string of the molecule is O=C(O)c1nn(-c2nc3ccccc3[nH]2)c2c1C(=O)CCC2. The molecule has 1 aromatic carbocycles. The van der Waals surface area contributed by atoms with E-state index in [2.05, 4.69) is 15.1 Å². The summed E-state index contributed by atoms with van der Waals surface area (Å²) in [6.07, 6.45) is 1.66. The van der Waals surface area contributed by atoms with Crippen LogP contribution < -0.4 is 0 Å². The molecule has 2 aromatic heterocycles. The Morgan fingerprint density at radius 3 is 2.86 bits per heavy atom. The molecule has 0 unspecified atom stereocenters. The number of carbonyl (C=O) groups is 2. The van der Waals surface area contributed by atoms with E-state index in [9.17, 15) is 14.7 Å². The number of carboxylic acids is 1. The number of carbonyl (C=O) groups excluding carboxylic acids is 1. The Labute approximate surface area is 124 Å². The lowest BCUT2D eigenvalue weighted by atomic mass is 9.94. The Morgan fingerprint density at radius 1 is 1.27 bits per heavy atom. The first-order valence-corrected chi connectivity index (χ1v) is 6.98. The molecular weight excluding hydrogens is 284 g/mol. The van der Waals surface area contributed by atoms with Crippen LogP contribution in [0, 0.1) is 0 Å². The van der Waals surface area contributed by atoms with Crippen molar-refractivity contribution >= 4 is 22.8 Å². The van der Waals surface area contributed by atoms with Gasteiger partial charge in [-0.15, -0.1) is 0 Å². The van der Waals surface area contributed by atoms with Crippen molar-refractivity contribution in [1.82, 2.24) is 19.7 Å². The van der Waals surface area contributed by atoms with Gasteiger partial charge in [0, 0.05) is 6.42 Å². The van der Waals surface area contributed by atoms with E-state index in [0.29, 0.717) is 30.9 Å². The number of hydrogen-bond donors (Lipinski definition) is 2. The van der Waals surface area contributed by atoms with Crippen LogP contribution in [0.15, 0.2) is 24.3 Å². The molecule has 4 rings (SSSR count). The van der Waals surface area contributed by atoms with Gasteiger partial charge in [0.15, 0.2) is 11.5 Å². The number of aromatic nitrogens is 4. The summed E-state index contributed by atoms with van der Waals surface area (Å²) in [4.78, 5) is 31.0. The second-order valence-corrected chi connectivity index (χ2v) is 5.24. The van der Waals surface area contributed by atoms with Crippen molar-refractivity contribution in [3.63, 3.8) is 0 Å². The summed E-state index contributed by atoms with van der Waals surface area (Å²) in [6, 6.07) is 7.49. The van der Waals surface area contributed by atoms with Crippen molar-refractivity contribution in [3.8, 4) is 5.95 Å². The van der Waals surface area contributed by atoms with Gasteiger partial charge in [-0.1, -0.05) is 12.1 Å². The Hall–Kier alpha value is -2.96. The first kappa shape index (κ1) is 12.8. The molecule has 0 fully saturated rings. The van der Waals surface area contributed by atoms with E-state index < -0.39 is 5.97 Å². The molecule has 0 atom stereocenters. The summed E-state index contributed by atoms with van der Waals surface area (Å²) in [5.41, 5.74) is 2.24. The van der Waals surface area contributed by atoms with Crippen molar-refractivity contribution in [2.75, 3.05) is 0 Å². The van der Waals surface area contributed by atoms with Crippen LogP contribution in [-0.4, -0.2) is 36.6 Å². The number of hydrogen-bond acceptors (Lipinski definition) is 4. The van der Waals surface area contributed by atoms with Crippen molar-refractivity contribution in [3.05, 3.63) is 41.2 Å². The number of aromatic amines is 1. The maximum absolute atomic E-state index is 12.1. The van der Waals surface area contributed by atoms with Crippen molar-refractivity contribution in [2.24, 2.45) is 0 Å². The van der Waals surface area contributed by atoms with Gasteiger partial charge in [-0.2, -0.15) is 5.10 Å². The van der Waals surface area contributed by atoms with Gasteiger partial charge in [0.05, 0.1) is 22.3 Å². The highest BCUT2D eigenvalue weighted by atomic mass is 16.4. The second kappa shape index (κ2) is 4.52. The summed E-state index contributed by atoms with van der Waals surface area (Å²) < 4.78 is 1.45. The van der Waals surface area contributed by atoms with Crippen LogP contribution in [0.25, 0.3) is 17.0 Å². The number of aromatic carboxylic acids is 1. The van der Waals surface area contributed by atoms with Gasteiger partial charge in [0.25, 0.3) is 0 Å². The molecule has 3 aromatic rings. The molecule has 0 radical (unpaired) electrons. The average molecular weight is 296 g/mol. The molecule has 7 heteroatoms. The quantitative estimate of drug-likeness (QED) is 0.753. The third-order valence-electron chi connectivity index (χ3n) is 3.86. The lowest BCUT2D eigenvalue weighted by molar-refractivity contribution is 0.0684. The smallest absolute Gasteiger partial charge is 0.357 e. The van der Waals surface area contributed by atoms with Crippen molar-refractivity contribution in [1.29, 1.82) is 0 Å². The standard InChI is InChI=1S/C15H12N4O3/c20-11-7-3-6-10-12(11)13(14(21)22)18-19(10)15-16-8-4-1-2-5-9(8)17-15/h1-2,4-5H,3,6-7H2,(H,16,17)(H,21,22). The molecule has 0 bridgehead atoms. The summed E-state index contributed by atoms with van der Waals surface area (Å²) >= 11 is 0. The van der Waals surface area contributed by atoms with Gasteiger partial charge in [0.1, 0.15) is 0 Å². The maximum Gasteiger partial charge on any atom is 0.357 e. The number of benzene rings is 1. The minimum Gasteiger partial charge on any atom is -0.476 e. The average Bonchev–Trinajstić information content (AvgIpc) is 3.08. The predicted molar refractivity (Wildman–Crippen MR) is 77.4 cm³/mol. The summed E-state index contributed by atoms with van der Waals surface area (Å²) in [5.74, 6) is -0.929. The highest BCUT2D eigenvalue weighted by Crippen LogP contribution is 2.27. The first-order valence-electron chi connectivity index (χ1n) is 6.98. The second-order valence-electron chi connectivity index (χ2n) is 5.24. The van der Waals surface area contributed by atoms with Gasteiger partial charge in [-0.05, 0) is 25.0 Å². The van der Waals surface area contributed by atoms with Crippen molar-refractivity contribution < 1.29 is 14.7 Å². The molecule has 0 amide bonds. The lowest BCUT2D eigenvalue weighted by Crippen LogP contribution is -2.15. The Balaban J connectivity index is 1.97. The molecule has 22 heavy (non-hydrogen) atoms. The molecule has 1 aliphatic rings. The number of imidazole rings is 1. The molecule has 0 saturated heterocycles. The van der Waals surface area contributed by atoms with Crippen molar-refractivity contribution in [2.45, 2.75) is 19.3 Å². The highest BCUT2D eigenvalue weighted by molar-refractivity contribution is 6.06. The van der Waals surface area contributed by atoms with Gasteiger partial charge in [-0.3, -0.25) is 4.79 Å². The van der Waals surface area contributed by atoms with Gasteiger partial charge in [-0.25, -0.2) is 14.5 Å². The fraction of sp³-hybridized carbons (Fsp3) is 0.200. The lowest BCUT2D eigenvalue weighted by Gasteiger charge is -2.11. The normalized spacial score (nSPS) is 14.3. The molecule has 0 spiro atoms. The number of nitrogens with one attached hydrogen (secondary N) is 1. The number of para-hydroxylation sites is 2. The van der Waals surface area contributed by atoms with E-state index in [1.807, 2.05) is 24.3 Å². The van der Waals surface area contributed by atoms with Crippen LogP contribution in [0.3, 0.4) is 0 Å². The monoisotopic (exact) mass is 296 g/mol. The maximum atomic E-state index is 12.1.